The summed E-state index contributed by atoms with van der Waals surface area (Å²) < 4.78 is 10.7. The molecule has 0 unspecified atom stereocenters. The van der Waals surface area contributed by atoms with Crippen molar-refractivity contribution in [3.63, 3.8) is 0 Å². The molecule has 0 saturated heterocycles. The van der Waals surface area contributed by atoms with Crippen LogP contribution in [0.3, 0.4) is 0 Å². The minimum Gasteiger partial charge on any atom is -0.402 e. The monoisotopic (exact) mass is 364 g/mol. The number of esters is 1. The van der Waals surface area contributed by atoms with E-state index in [0.717, 1.165) is 11.1 Å². The number of hydrogen-bond acceptors (Lipinski definition) is 5. The van der Waals surface area contributed by atoms with Gasteiger partial charge >= 0.3 is 5.97 Å². The maximum atomic E-state index is 12.2. The summed E-state index contributed by atoms with van der Waals surface area (Å²) in [6.45, 7) is 1.75. The highest BCUT2D eigenvalue weighted by molar-refractivity contribution is 6.30. The highest BCUT2D eigenvalue weighted by Gasteiger charge is 2.30. The Labute approximate surface area is 154 Å². The third-order valence-electron chi connectivity index (χ3n) is 3.90. The van der Waals surface area contributed by atoms with E-state index in [9.17, 15) is 4.79 Å². The van der Waals surface area contributed by atoms with E-state index in [-0.39, 0.29) is 11.6 Å². The average molecular weight is 365 g/mol. The molecular weight excluding hydrogens is 352 g/mol. The number of hydrogen-bond donors (Lipinski definition) is 0. The molecule has 4 rings (SSSR count). The molecule has 5 nitrogen and oxygen atoms in total. The van der Waals surface area contributed by atoms with Crippen LogP contribution in [-0.4, -0.2) is 17.0 Å². The Morgan fingerprint density at radius 2 is 1.88 bits per heavy atom. The predicted octanol–water partition coefficient (Wildman–Crippen LogP) is 4.65. The molecule has 3 aromatic rings. The second kappa shape index (κ2) is 6.61. The number of carbonyl (C=O) groups excluding carboxylic acids is 1. The average Bonchev–Trinajstić information content (AvgIpc) is 3.18. The highest BCUT2D eigenvalue weighted by Crippen LogP contribution is 2.29. The zero-order chi connectivity index (χ0) is 18.1. The van der Waals surface area contributed by atoms with Crippen LogP contribution in [0.4, 0.5) is 0 Å². The van der Waals surface area contributed by atoms with Crippen LogP contribution in [0.2, 0.25) is 5.02 Å². The van der Waals surface area contributed by atoms with Crippen LogP contribution < -0.4 is 0 Å². The largest absolute Gasteiger partial charge is 0.402 e. The number of ether oxygens (including phenoxy) is 1. The molecule has 1 aliphatic rings. The van der Waals surface area contributed by atoms with Crippen LogP contribution in [0.5, 0.6) is 0 Å². The third-order valence-corrected chi connectivity index (χ3v) is 4.13. The fraction of sp³-hybridized carbons (Fsp3) is 0.0500. The van der Waals surface area contributed by atoms with E-state index in [2.05, 4.69) is 10.1 Å². The van der Waals surface area contributed by atoms with Gasteiger partial charge in [0, 0.05) is 10.6 Å². The Hall–Kier alpha value is -3.18. The first-order valence-electron chi connectivity index (χ1n) is 7.92. The Bertz CT molecular complexity index is 1050. The first-order valence-corrected chi connectivity index (χ1v) is 8.30. The molecule has 0 fully saturated rings. The summed E-state index contributed by atoms with van der Waals surface area (Å²) in [5.74, 6) is 0.180. The molecule has 0 spiro atoms. The van der Waals surface area contributed by atoms with Gasteiger partial charge < -0.3 is 9.26 Å². The Balaban J connectivity index is 1.76. The summed E-state index contributed by atoms with van der Waals surface area (Å²) in [6, 6.07) is 16.7. The van der Waals surface area contributed by atoms with E-state index in [1.54, 1.807) is 31.2 Å². The molecule has 0 N–H and O–H groups in total. The van der Waals surface area contributed by atoms with E-state index in [1.165, 1.54) is 0 Å². The number of cyclic esters (lactones) is 1. The number of nitrogens with zero attached hydrogens (tertiary/aromatic N) is 2. The Kier molecular flexibility index (Phi) is 4.14. The molecule has 2 aromatic carbocycles. The molecular formula is C20H13ClN2O3. The van der Waals surface area contributed by atoms with Crippen LogP contribution in [0.15, 0.2) is 69.8 Å². The zero-order valence-corrected chi connectivity index (χ0v) is 14.5. The van der Waals surface area contributed by atoms with Gasteiger partial charge in [-0.1, -0.05) is 59.2 Å². The van der Waals surface area contributed by atoms with Crippen molar-refractivity contribution in [1.82, 2.24) is 5.16 Å². The van der Waals surface area contributed by atoms with Gasteiger partial charge in [-0.15, -0.1) is 0 Å². The minimum absolute atomic E-state index is 0.181. The van der Waals surface area contributed by atoms with Crippen molar-refractivity contribution in [2.24, 2.45) is 4.99 Å². The lowest BCUT2D eigenvalue weighted by molar-refractivity contribution is -0.129. The normalized spacial score (nSPS) is 15.2. The number of halogens is 1. The molecule has 0 aliphatic carbocycles. The van der Waals surface area contributed by atoms with Gasteiger partial charge in [-0.2, -0.15) is 0 Å². The Morgan fingerprint density at radius 1 is 1.08 bits per heavy atom. The number of rotatable bonds is 3. The molecule has 0 radical (unpaired) electrons. The first kappa shape index (κ1) is 16.3. The summed E-state index contributed by atoms with van der Waals surface area (Å²) in [7, 11) is 0. The second-order valence-electron chi connectivity index (χ2n) is 5.72. The van der Waals surface area contributed by atoms with Gasteiger partial charge in [0.2, 0.25) is 5.90 Å². The predicted molar refractivity (Wildman–Crippen MR) is 98.7 cm³/mol. The van der Waals surface area contributed by atoms with Crippen LogP contribution in [0, 0.1) is 6.92 Å². The molecule has 2 heterocycles. The molecule has 0 saturated carbocycles. The summed E-state index contributed by atoms with van der Waals surface area (Å²) in [5.41, 5.74) is 2.96. The van der Waals surface area contributed by atoms with Gasteiger partial charge in [0.15, 0.2) is 5.70 Å². The van der Waals surface area contributed by atoms with Gasteiger partial charge in [0.25, 0.3) is 0 Å². The standard InChI is InChI=1S/C20H13ClN2O3/c1-12-17(18(23-26-12)14-7-3-2-4-8-14)19-22-16(20(24)25-19)11-13-6-5-9-15(21)10-13/h2-11H,1H3/b16-11+. The van der Waals surface area contributed by atoms with Crippen molar-refractivity contribution in [3.05, 3.63) is 82.2 Å². The van der Waals surface area contributed by atoms with E-state index in [4.69, 9.17) is 20.9 Å². The number of benzene rings is 2. The summed E-state index contributed by atoms with van der Waals surface area (Å²) in [6.07, 6.45) is 1.63. The lowest BCUT2D eigenvalue weighted by atomic mass is 10.1. The number of aryl methyl sites for hydroxylation is 1. The van der Waals surface area contributed by atoms with Crippen LogP contribution in [0.25, 0.3) is 17.3 Å². The Morgan fingerprint density at radius 3 is 2.65 bits per heavy atom. The molecule has 6 heteroatoms. The van der Waals surface area contributed by atoms with Gasteiger partial charge in [-0.05, 0) is 30.7 Å². The van der Waals surface area contributed by atoms with Crippen molar-refractivity contribution in [2.75, 3.05) is 0 Å². The molecule has 0 amide bonds. The van der Waals surface area contributed by atoms with Crippen LogP contribution in [0.1, 0.15) is 16.9 Å². The summed E-state index contributed by atoms with van der Waals surface area (Å²) in [4.78, 5) is 16.6. The topological polar surface area (TPSA) is 64.7 Å². The van der Waals surface area contributed by atoms with Crippen molar-refractivity contribution in [2.45, 2.75) is 6.92 Å². The fourth-order valence-corrected chi connectivity index (χ4v) is 2.89. The first-order chi connectivity index (χ1) is 12.6. The van der Waals surface area contributed by atoms with E-state index in [1.807, 2.05) is 36.4 Å². The second-order valence-corrected chi connectivity index (χ2v) is 6.16. The lowest BCUT2D eigenvalue weighted by Crippen LogP contribution is -2.07. The number of aromatic nitrogens is 1. The van der Waals surface area contributed by atoms with E-state index in [0.29, 0.717) is 22.0 Å². The quantitative estimate of drug-likeness (QED) is 0.501. The molecule has 128 valence electrons. The zero-order valence-electron chi connectivity index (χ0n) is 13.8. The molecule has 0 bridgehead atoms. The highest BCUT2D eigenvalue weighted by atomic mass is 35.5. The van der Waals surface area contributed by atoms with E-state index >= 15 is 0 Å². The number of carbonyl (C=O) groups is 1. The fourth-order valence-electron chi connectivity index (χ4n) is 2.69. The van der Waals surface area contributed by atoms with Crippen molar-refractivity contribution >= 4 is 29.5 Å². The molecule has 1 aliphatic heterocycles. The van der Waals surface area contributed by atoms with Gasteiger partial charge in [-0.3, -0.25) is 0 Å². The number of aliphatic imine (C=N–C) groups is 1. The molecule has 0 atom stereocenters. The van der Waals surface area contributed by atoms with Crippen molar-refractivity contribution < 1.29 is 14.1 Å². The van der Waals surface area contributed by atoms with Crippen LogP contribution >= 0.6 is 11.6 Å². The van der Waals surface area contributed by atoms with Gasteiger partial charge in [0.1, 0.15) is 17.0 Å². The van der Waals surface area contributed by atoms with Gasteiger partial charge in [0.05, 0.1) is 0 Å². The SMILES string of the molecule is Cc1onc(-c2ccccc2)c1C1=N/C(=C/c2cccc(Cl)c2)C(=O)O1. The molecule has 26 heavy (non-hydrogen) atoms. The maximum Gasteiger partial charge on any atom is 0.363 e. The third kappa shape index (κ3) is 3.05. The van der Waals surface area contributed by atoms with Crippen molar-refractivity contribution in [3.8, 4) is 11.3 Å². The van der Waals surface area contributed by atoms with Crippen LogP contribution in [-0.2, 0) is 9.53 Å². The van der Waals surface area contributed by atoms with Crippen molar-refractivity contribution in [1.29, 1.82) is 0 Å². The summed E-state index contributed by atoms with van der Waals surface area (Å²) in [5, 5.41) is 4.67. The van der Waals surface area contributed by atoms with Gasteiger partial charge in [-0.25, -0.2) is 9.79 Å². The summed E-state index contributed by atoms with van der Waals surface area (Å²) >= 11 is 5.98. The minimum atomic E-state index is -0.528. The maximum absolute atomic E-state index is 12.2. The smallest absolute Gasteiger partial charge is 0.363 e. The van der Waals surface area contributed by atoms with E-state index < -0.39 is 5.97 Å². The molecule has 1 aromatic heterocycles. The lowest BCUT2D eigenvalue weighted by Gasteiger charge is -2.01.